The number of hydrogen-bond acceptors (Lipinski definition) is 4. The Hall–Kier alpha value is -2.34. The molecule has 0 radical (unpaired) electrons. The van der Waals surface area contributed by atoms with Crippen molar-refractivity contribution in [2.45, 2.75) is 0 Å². The first-order valence-corrected chi connectivity index (χ1v) is 6.31. The Labute approximate surface area is 110 Å². The van der Waals surface area contributed by atoms with E-state index in [2.05, 4.69) is 5.10 Å². The fraction of sp³-hybridized carbons (Fsp3) is 0. The number of nitrogens with zero attached hydrogens (tertiary/aromatic N) is 2. The van der Waals surface area contributed by atoms with Gasteiger partial charge in [0.2, 0.25) is 0 Å². The van der Waals surface area contributed by atoms with E-state index >= 15 is 0 Å². The van der Waals surface area contributed by atoms with E-state index in [-0.39, 0.29) is 11.4 Å². The summed E-state index contributed by atoms with van der Waals surface area (Å²) in [5.74, 6) is -0.566. The average molecular weight is 274 g/mol. The van der Waals surface area contributed by atoms with E-state index in [1.54, 1.807) is 17.5 Å². The lowest BCUT2D eigenvalue weighted by molar-refractivity contribution is 0.111. The standard InChI is InChI=1S/C13H7FN2O2S/c14-9-3-1-2-4-11(9)16-13(18)8-5-6-19-12(8)10(7-17)15-16/h1-7H. The van der Waals surface area contributed by atoms with Crippen molar-refractivity contribution in [1.29, 1.82) is 0 Å². The molecule has 0 amide bonds. The predicted molar refractivity (Wildman–Crippen MR) is 70.6 cm³/mol. The average Bonchev–Trinajstić information content (AvgIpc) is 2.90. The number of para-hydroxylation sites is 1. The molecule has 0 spiro atoms. The maximum atomic E-state index is 13.7. The van der Waals surface area contributed by atoms with Crippen molar-refractivity contribution in [2.24, 2.45) is 0 Å². The largest absolute Gasteiger partial charge is 0.296 e. The minimum absolute atomic E-state index is 0.0312. The van der Waals surface area contributed by atoms with Crippen LogP contribution in [0.15, 0.2) is 40.5 Å². The molecule has 0 aliphatic rings. The molecule has 0 aliphatic carbocycles. The molecular weight excluding hydrogens is 267 g/mol. The van der Waals surface area contributed by atoms with E-state index in [1.165, 1.54) is 29.5 Å². The van der Waals surface area contributed by atoms with Gasteiger partial charge >= 0.3 is 0 Å². The van der Waals surface area contributed by atoms with Crippen molar-refractivity contribution in [2.75, 3.05) is 0 Å². The molecule has 2 heterocycles. The summed E-state index contributed by atoms with van der Waals surface area (Å²) in [6.45, 7) is 0. The van der Waals surface area contributed by atoms with Gasteiger partial charge in [0.1, 0.15) is 17.2 Å². The minimum Gasteiger partial charge on any atom is -0.296 e. The van der Waals surface area contributed by atoms with Crippen LogP contribution in [0.3, 0.4) is 0 Å². The van der Waals surface area contributed by atoms with Gasteiger partial charge in [0.15, 0.2) is 6.29 Å². The Morgan fingerprint density at radius 1 is 1.26 bits per heavy atom. The van der Waals surface area contributed by atoms with Gasteiger partial charge in [-0.1, -0.05) is 12.1 Å². The van der Waals surface area contributed by atoms with Crippen molar-refractivity contribution in [1.82, 2.24) is 9.78 Å². The van der Waals surface area contributed by atoms with Gasteiger partial charge in [-0.25, -0.2) is 4.39 Å². The maximum absolute atomic E-state index is 13.7. The molecule has 94 valence electrons. The zero-order valence-electron chi connectivity index (χ0n) is 9.54. The Kier molecular flexibility index (Phi) is 2.72. The highest BCUT2D eigenvalue weighted by Crippen LogP contribution is 2.20. The summed E-state index contributed by atoms with van der Waals surface area (Å²) >= 11 is 1.26. The molecule has 3 aromatic rings. The third-order valence-electron chi connectivity index (χ3n) is 2.72. The second-order valence-electron chi connectivity index (χ2n) is 3.83. The molecule has 0 saturated heterocycles. The summed E-state index contributed by atoms with van der Waals surface area (Å²) in [6.07, 6.45) is 0.565. The second-order valence-corrected chi connectivity index (χ2v) is 4.75. The summed E-state index contributed by atoms with van der Waals surface area (Å²) in [5, 5.41) is 6.00. The molecular formula is C13H7FN2O2S. The summed E-state index contributed by atoms with van der Waals surface area (Å²) in [5.41, 5.74) is -0.275. The van der Waals surface area contributed by atoms with Crippen LogP contribution in [0.5, 0.6) is 0 Å². The van der Waals surface area contributed by atoms with E-state index in [0.29, 0.717) is 16.4 Å². The van der Waals surface area contributed by atoms with Crippen LogP contribution in [-0.2, 0) is 0 Å². The number of rotatable bonds is 2. The van der Waals surface area contributed by atoms with Crippen molar-refractivity contribution < 1.29 is 9.18 Å². The van der Waals surface area contributed by atoms with Gasteiger partial charge in [0.05, 0.1) is 10.1 Å². The lowest BCUT2D eigenvalue weighted by atomic mass is 10.3. The SMILES string of the molecule is O=Cc1nn(-c2ccccc2F)c(=O)c2ccsc12. The quantitative estimate of drug-likeness (QED) is 0.674. The predicted octanol–water partition coefficient (Wildman–Crippen LogP) is 2.40. The van der Waals surface area contributed by atoms with Crippen LogP contribution in [0.1, 0.15) is 10.5 Å². The van der Waals surface area contributed by atoms with Crippen molar-refractivity contribution >= 4 is 27.7 Å². The molecule has 1 aromatic carbocycles. The Morgan fingerprint density at radius 2 is 2.05 bits per heavy atom. The molecule has 0 bridgehead atoms. The summed E-state index contributed by atoms with van der Waals surface area (Å²) in [7, 11) is 0. The van der Waals surface area contributed by atoms with Gasteiger partial charge in [0, 0.05) is 0 Å². The fourth-order valence-corrected chi connectivity index (χ4v) is 2.68. The number of aromatic nitrogens is 2. The van der Waals surface area contributed by atoms with E-state index < -0.39 is 11.4 Å². The first kappa shape index (κ1) is 11.7. The molecule has 4 nitrogen and oxygen atoms in total. The van der Waals surface area contributed by atoms with E-state index in [9.17, 15) is 14.0 Å². The highest BCUT2D eigenvalue weighted by molar-refractivity contribution is 7.17. The lowest BCUT2D eigenvalue weighted by Gasteiger charge is -2.06. The van der Waals surface area contributed by atoms with E-state index in [4.69, 9.17) is 0 Å². The summed E-state index contributed by atoms with van der Waals surface area (Å²) in [4.78, 5) is 23.3. The van der Waals surface area contributed by atoms with Crippen LogP contribution >= 0.6 is 11.3 Å². The molecule has 0 fully saturated rings. The number of benzene rings is 1. The van der Waals surface area contributed by atoms with Crippen molar-refractivity contribution in [3.63, 3.8) is 0 Å². The number of carbonyl (C=O) groups is 1. The number of thiophene rings is 1. The van der Waals surface area contributed by atoms with Gasteiger partial charge in [-0.05, 0) is 23.6 Å². The van der Waals surface area contributed by atoms with E-state index in [1.807, 2.05) is 0 Å². The topological polar surface area (TPSA) is 52.0 Å². The summed E-state index contributed by atoms with van der Waals surface area (Å²) < 4.78 is 15.2. The Bertz CT molecular complexity index is 838. The van der Waals surface area contributed by atoms with Crippen LogP contribution in [-0.4, -0.2) is 16.1 Å². The summed E-state index contributed by atoms with van der Waals surface area (Å²) in [6, 6.07) is 7.41. The second kappa shape index (κ2) is 4.40. The van der Waals surface area contributed by atoms with Crippen LogP contribution in [0.4, 0.5) is 4.39 Å². The molecule has 0 atom stereocenters. The number of carbonyl (C=O) groups excluding carboxylic acids is 1. The van der Waals surface area contributed by atoms with Gasteiger partial charge in [-0.3, -0.25) is 9.59 Å². The molecule has 0 saturated carbocycles. The first-order chi connectivity index (χ1) is 9.22. The number of halogens is 1. The molecule has 0 aliphatic heterocycles. The highest BCUT2D eigenvalue weighted by atomic mass is 32.1. The van der Waals surface area contributed by atoms with Crippen LogP contribution in [0.2, 0.25) is 0 Å². The number of fused-ring (bicyclic) bond motifs is 1. The van der Waals surface area contributed by atoms with Crippen molar-refractivity contribution in [3.8, 4) is 5.69 Å². The van der Waals surface area contributed by atoms with Crippen LogP contribution < -0.4 is 5.56 Å². The number of aldehydes is 1. The zero-order chi connectivity index (χ0) is 13.4. The molecule has 2 aromatic heterocycles. The molecule has 0 unspecified atom stereocenters. The van der Waals surface area contributed by atoms with Crippen LogP contribution in [0.25, 0.3) is 15.8 Å². The minimum atomic E-state index is -0.566. The molecule has 3 rings (SSSR count). The van der Waals surface area contributed by atoms with Gasteiger partial charge in [-0.15, -0.1) is 11.3 Å². The third kappa shape index (κ3) is 1.77. The van der Waals surface area contributed by atoms with Crippen LogP contribution in [0, 0.1) is 5.82 Å². The molecule has 19 heavy (non-hydrogen) atoms. The first-order valence-electron chi connectivity index (χ1n) is 5.43. The van der Waals surface area contributed by atoms with Gasteiger partial charge < -0.3 is 0 Å². The van der Waals surface area contributed by atoms with Crippen molar-refractivity contribution in [3.05, 3.63) is 57.6 Å². The van der Waals surface area contributed by atoms with Gasteiger partial charge in [0.25, 0.3) is 5.56 Å². The Balaban J connectivity index is 2.42. The maximum Gasteiger partial charge on any atom is 0.280 e. The Morgan fingerprint density at radius 3 is 2.79 bits per heavy atom. The third-order valence-corrected chi connectivity index (χ3v) is 3.66. The zero-order valence-corrected chi connectivity index (χ0v) is 10.4. The lowest BCUT2D eigenvalue weighted by Crippen LogP contribution is -2.23. The van der Waals surface area contributed by atoms with E-state index in [0.717, 1.165) is 4.68 Å². The molecule has 6 heteroatoms. The van der Waals surface area contributed by atoms with Gasteiger partial charge in [-0.2, -0.15) is 9.78 Å². The smallest absolute Gasteiger partial charge is 0.280 e. The monoisotopic (exact) mass is 274 g/mol. The fourth-order valence-electron chi connectivity index (χ4n) is 1.85. The number of hydrogen-bond donors (Lipinski definition) is 0. The molecule has 0 N–H and O–H groups in total. The normalized spacial score (nSPS) is 10.8. The highest BCUT2D eigenvalue weighted by Gasteiger charge is 2.14.